The molecule has 1 atom stereocenters. The molecule has 1 amide bonds. The van der Waals surface area contributed by atoms with Crippen molar-refractivity contribution >= 4 is 16.8 Å². The molecule has 0 aliphatic carbocycles. The minimum atomic E-state index is 0.0308. The minimum absolute atomic E-state index is 0.0308. The van der Waals surface area contributed by atoms with Gasteiger partial charge in [-0.05, 0) is 43.0 Å². The van der Waals surface area contributed by atoms with Crippen molar-refractivity contribution < 1.29 is 14.3 Å². The maximum Gasteiger partial charge on any atom is 0.260 e. The Labute approximate surface area is 158 Å². The third-order valence-corrected chi connectivity index (χ3v) is 5.25. The van der Waals surface area contributed by atoms with E-state index < -0.39 is 0 Å². The predicted octanol–water partition coefficient (Wildman–Crippen LogP) is 3.79. The number of aromatic nitrogens is 1. The summed E-state index contributed by atoms with van der Waals surface area (Å²) in [6, 6.07) is 15.9. The first kappa shape index (κ1) is 17.5. The Morgan fingerprint density at radius 2 is 1.93 bits per heavy atom. The number of para-hydroxylation sites is 3. The predicted molar refractivity (Wildman–Crippen MR) is 105 cm³/mol. The summed E-state index contributed by atoms with van der Waals surface area (Å²) in [7, 11) is 1.60. The maximum absolute atomic E-state index is 12.8. The molecule has 3 aromatic rings. The molecule has 1 unspecified atom stereocenters. The van der Waals surface area contributed by atoms with Crippen LogP contribution in [0.3, 0.4) is 0 Å². The average molecular weight is 364 g/mol. The average Bonchev–Trinajstić information content (AvgIpc) is 3.34. The zero-order valence-corrected chi connectivity index (χ0v) is 15.5. The zero-order chi connectivity index (χ0) is 18.6. The summed E-state index contributed by atoms with van der Waals surface area (Å²) in [5.41, 5.74) is 2.41. The lowest BCUT2D eigenvalue weighted by atomic mass is 10.0. The molecule has 27 heavy (non-hydrogen) atoms. The number of methoxy groups -OCH3 is 1. The van der Waals surface area contributed by atoms with E-state index in [1.807, 2.05) is 35.2 Å². The number of rotatable bonds is 6. The number of carbonyl (C=O) groups is 1. The smallest absolute Gasteiger partial charge is 0.260 e. The maximum atomic E-state index is 12.8. The van der Waals surface area contributed by atoms with Gasteiger partial charge in [0.25, 0.3) is 5.91 Å². The first-order valence-electron chi connectivity index (χ1n) is 9.36. The Morgan fingerprint density at radius 1 is 1.15 bits per heavy atom. The van der Waals surface area contributed by atoms with Crippen LogP contribution < -0.4 is 9.47 Å². The summed E-state index contributed by atoms with van der Waals surface area (Å²) < 4.78 is 11.0. The van der Waals surface area contributed by atoms with Crippen molar-refractivity contribution in [3.05, 3.63) is 60.3 Å². The molecule has 1 aliphatic heterocycles. The van der Waals surface area contributed by atoms with E-state index in [-0.39, 0.29) is 18.6 Å². The molecular formula is C22H24N2O3. The number of nitrogens with zero attached hydrogens (tertiary/aromatic N) is 1. The van der Waals surface area contributed by atoms with Crippen LogP contribution in [0, 0.1) is 0 Å². The number of amides is 1. The van der Waals surface area contributed by atoms with Crippen LogP contribution in [0.15, 0.2) is 54.7 Å². The highest BCUT2D eigenvalue weighted by molar-refractivity contribution is 5.83. The fourth-order valence-electron chi connectivity index (χ4n) is 3.89. The van der Waals surface area contributed by atoms with E-state index in [4.69, 9.17) is 9.47 Å². The van der Waals surface area contributed by atoms with Crippen LogP contribution in [0.25, 0.3) is 10.9 Å². The van der Waals surface area contributed by atoms with Crippen molar-refractivity contribution in [3.8, 4) is 11.5 Å². The van der Waals surface area contributed by atoms with Crippen LogP contribution in [0.4, 0.5) is 0 Å². The van der Waals surface area contributed by atoms with Gasteiger partial charge in [-0.1, -0.05) is 30.3 Å². The van der Waals surface area contributed by atoms with E-state index in [1.54, 1.807) is 7.11 Å². The second kappa shape index (κ2) is 7.74. The van der Waals surface area contributed by atoms with Crippen LogP contribution >= 0.6 is 0 Å². The number of ether oxygens (including phenoxy) is 2. The Balaban J connectivity index is 1.42. The van der Waals surface area contributed by atoms with Gasteiger partial charge in [-0.2, -0.15) is 0 Å². The lowest BCUT2D eigenvalue weighted by Gasteiger charge is -2.25. The van der Waals surface area contributed by atoms with Gasteiger partial charge in [0.05, 0.1) is 7.11 Å². The van der Waals surface area contributed by atoms with Crippen molar-refractivity contribution in [1.82, 2.24) is 9.88 Å². The van der Waals surface area contributed by atoms with Gasteiger partial charge in [-0.15, -0.1) is 0 Å². The van der Waals surface area contributed by atoms with E-state index in [0.29, 0.717) is 11.5 Å². The SMILES string of the molecule is COc1ccccc1OCC(=O)N1CCCC1Cc1c[nH]c2ccccc12. The monoisotopic (exact) mass is 364 g/mol. The van der Waals surface area contributed by atoms with Crippen LogP contribution in [0.5, 0.6) is 11.5 Å². The molecule has 0 saturated carbocycles. The number of hydrogen-bond acceptors (Lipinski definition) is 3. The van der Waals surface area contributed by atoms with Crippen LogP contribution in [-0.4, -0.2) is 42.1 Å². The van der Waals surface area contributed by atoms with Gasteiger partial charge in [-0.3, -0.25) is 4.79 Å². The van der Waals surface area contributed by atoms with Gasteiger partial charge < -0.3 is 19.4 Å². The van der Waals surface area contributed by atoms with Gasteiger partial charge in [0.2, 0.25) is 0 Å². The Kier molecular flexibility index (Phi) is 5.01. The van der Waals surface area contributed by atoms with Crippen LogP contribution in [0.1, 0.15) is 18.4 Å². The number of aromatic amines is 1. The second-order valence-corrected chi connectivity index (χ2v) is 6.89. The fraction of sp³-hybridized carbons (Fsp3) is 0.318. The third kappa shape index (κ3) is 3.63. The molecule has 2 aromatic carbocycles. The van der Waals surface area contributed by atoms with E-state index >= 15 is 0 Å². The van der Waals surface area contributed by atoms with E-state index in [0.717, 1.165) is 31.3 Å². The Bertz CT molecular complexity index is 934. The lowest BCUT2D eigenvalue weighted by Crippen LogP contribution is -2.39. The van der Waals surface area contributed by atoms with Crippen LogP contribution in [-0.2, 0) is 11.2 Å². The molecule has 1 fully saturated rings. The Hall–Kier alpha value is -2.95. The summed E-state index contributed by atoms with van der Waals surface area (Å²) in [5.74, 6) is 1.27. The third-order valence-electron chi connectivity index (χ3n) is 5.25. The van der Waals surface area contributed by atoms with Gasteiger partial charge in [0.1, 0.15) is 0 Å². The zero-order valence-electron chi connectivity index (χ0n) is 15.5. The number of hydrogen-bond donors (Lipinski definition) is 1. The minimum Gasteiger partial charge on any atom is -0.493 e. The number of likely N-dealkylation sites (tertiary alicyclic amines) is 1. The van der Waals surface area contributed by atoms with Crippen molar-refractivity contribution in [1.29, 1.82) is 0 Å². The molecule has 2 heterocycles. The molecule has 1 saturated heterocycles. The Morgan fingerprint density at radius 3 is 2.78 bits per heavy atom. The summed E-state index contributed by atoms with van der Waals surface area (Å²) >= 11 is 0. The van der Waals surface area contributed by atoms with Crippen molar-refractivity contribution in [3.63, 3.8) is 0 Å². The normalized spacial score (nSPS) is 16.6. The molecule has 1 N–H and O–H groups in total. The number of benzene rings is 2. The molecule has 0 spiro atoms. The molecule has 5 nitrogen and oxygen atoms in total. The quantitative estimate of drug-likeness (QED) is 0.724. The van der Waals surface area contributed by atoms with E-state index in [2.05, 4.69) is 29.4 Å². The fourth-order valence-corrected chi connectivity index (χ4v) is 3.89. The molecule has 0 bridgehead atoms. The summed E-state index contributed by atoms with van der Waals surface area (Å²) in [4.78, 5) is 18.1. The number of nitrogens with one attached hydrogen (secondary N) is 1. The summed E-state index contributed by atoms with van der Waals surface area (Å²) in [6.07, 6.45) is 4.99. The largest absolute Gasteiger partial charge is 0.493 e. The molecule has 1 aliphatic rings. The van der Waals surface area contributed by atoms with E-state index in [9.17, 15) is 4.79 Å². The number of fused-ring (bicyclic) bond motifs is 1. The summed E-state index contributed by atoms with van der Waals surface area (Å²) in [5, 5.41) is 1.24. The van der Waals surface area contributed by atoms with Crippen molar-refractivity contribution in [2.24, 2.45) is 0 Å². The first-order valence-corrected chi connectivity index (χ1v) is 9.36. The lowest BCUT2D eigenvalue weighted by molar-refractivity contribution is -0.134. The summed E-state index contributed by atoms with van der Waals surface area (Å²) in [6.45, 7) is 0.825. The number of carbonyl (C=O) groups excluding carboxylic acids is 1. The van der Waals surface area contributed by atoms with Gasteiger partial charge in [0.15, 0.2) is 18.1 Å². The molecular weight excluding hydrogens is 340 g/mol. The first-order chi connectivity index (χ1) is 13.3. The highest BCUT2D eigenvalue weighted by Gasteiger charge is 2.29. The highest BCUT2D eigenvalue weighted by Crippen LogP contribution is 2.28. The molecule has 5 heteroatoms. The van der Waals surface area contributed by atoms with E-state index in [1.165, 1.54) is 10.9 Å². The molecule has 1 aromatic heterocycles. The second-order valence-electron chi connectivity index (χ2n) is 6.89. The number of H-pyrrole nitrogens is 1. The van der Waals surface area contributed by atoms with Crippen molar-refractivity contribution in [2.75, 3.05) is 20.3 Å². The highest BCUT2D eigenvalue weighted by atomic mass is 16.5. The standard InChI is InChI=1S/C22H24N2O3/c1-26-20-10-4-5-11-21(20)27-15-22(25)24-12-6-7-17(24)13-16-14-23-19-9-3-2-8-18(16)19/h2-5,8-11,14,17,23H,6-7,12-13,15H2,1H3. The van der Waals surface area contributed by atoms with Gasteiger partial charge in [0, 0.05) is 29.7 Å². The molecule has 140 valence electrons. The van der Waals surface area contributed by atoms with Gasteiger partial charge in [-0.25, -0.2) is 0 Å². The van der Waals surface area contributed by atoms with Gasteiger partial charge >= 0.3 is 0 Å². The van der Waals surface area contributed by atoms with Crippen LogP contribution in [0.2, 0.25) is 0 Å². The topological polar surface area (TPSA) is 54.6 Å². The van der Waals surface area contributed by atoms with Crippen molar-refractivity contribution in [2.45, 2.75) is 25.3 Å². The molecule has 0 radical (unpaired) electrons. The molecule has 4 rings (SSSR count).